The summed E-state index contributed by atoms with van der Waals surface area (Å²) in [4.78, 5) is 0. The molecule has 2 aromatic carbocycles. The normalized spacial score (nSPS) is 12.4. The van der Waals surface area contributed by atoms with Crippen LogP contribution >= 0.6 is 38.5 Å². The molecule has 2 aromatic rings. The Bertz CT molecular complexity index is 496. The lowest BCUT2D eigenvalue weighted by Crippen LogP contribution is -2.02. The second-order valence-electron chi connectivity index (χ2n) is 3.86. The average Bonchev–Trinajstić information content (AvgIpc) is 2.33. The third kappa shape index (κ3) is 3.53. The molecular formula is C14H12BrIO. The van der Waals surface area contributed by atoms with Crippen LogP contribution in [0.4, 0.5) is 0 Å². The Kier molecular flexibility index (Phi) is 4.59. The minimum absolute atomic E-state index is 0.453. The molecule has 1 N–H and O–H groups in total. The molecule has 0 saturated carbocycles. The third-order valence-corrected chi connectivity index (χ3v) is 4.12. The lowest BCUT2D eigenvalue weighted by Gasteiger charge is -2.12. The predicted molar refractivity (Wildman–Crippen MR) is 82.0 cm³/mol. The number of hydrogen-bond donors (Lipinski definition) is 1. The number of aliphatic hydroxyl groups is 1. The van der Waals surface area contributed by atoms with E-state index < -0.39 is 6.10 Å². The highest BCUT2D eigenvalue weighted by Crippen LogP contribution is 2.24. The van der Waals surface area contributed by atoms with E-state index in [1.165, 1.54) is 3.57 Å². The molecule has 88 valence electrons. The Morgan fingerprint density at radius 1 is 1.06 bits per heavy atom. The lowest BCUT2D eigenvalue weighted by atomic mass is 10.0. The van der Waals surface area contributed by atoms with Gasteiger partial charge in [-0.3, -0.25) is 0 Å². The zero-order valence-corrected chi connectivity index (χ0v) is 12.8. The van der Waals surface area contributed by atoms with Crippen LogP contribution in [-0.4, -0.2) is 5.11 Å². The maximum atomic E-state index is 10.2. The summed E-state index contributed by atoms with van der Waals surface area (Å²) in [6.45, 7) is 0. The summed E-state index contributed by atoms with van der Waals surface area (Å²) in [6.07, 6.45) is 0.174. The van der Waals surface area contributed by atoms with E-state index in [4.69, 9.17) is 0 Å². The maximum Gasteiger partial charge on any atom is 0.0830 e. The molecule has 0 aliphatic heterocycles. The first-order chi connectivity index (χ1) is 8.16. The third-order valence-electron chi connectivity index (χ3n) is 2.63. The van der Waals surface area contributed by atoms with Crippen molar-refractivity contribution in [2.24, 2.45) is 0 Å². The van der Waals surface area contributed by atoms with Crippen molar-refractivity contribution in [2.75, 3.05) is 0 Å². The average molecular weight is 403 g/mol. The van der Waals surface area contributed by atoms with Crippen LogP contribution in [0.15, 0.2) is 53.0 Å². The monoisotopic (exact) mass is 402 g/mol. The number of aliphatic hydroxyl groups excluding tert-OH is 1. The molecule has 1 nitrogen and oxygen atoms in total. The summed E-state index contributed by atoms with van der Waals surface area (Å²) in [7, 11) is 0. The van der Waals surface area contributed by atoms with E-state index in [9.17, 15) is 5.11 Å². The minimum Gasteiger partial charge on any atom is -0.388 e. The molecule has 0 heterocycles. The van der Waals surface area contributed by atoms with Gasteiger partial charge in [0.1, 0.15) is 0 Å². The van der Waals surface area contributed by atoms with Gasteiger partial charge in [0.15, 0.2) is 0 Å². The summed E-state index contributed by atoms with van der Waals surface area (Å²) < 4.78 is 2.23. The van der Waals surface area contributed by atoms with E-state index in [1.807, 2.05) is 48.5 Å². The summed E-state index contributed by atoms with van der Waals surface area (Å²) in [5.74, 6) is 0. The van der Waals surface area contributed by atoms with Crippen LogP contribution in [0.2, 0.25) is 0 Å². The van der Waals surface area contributed by atoms with Gasteiger partial charge in [0.2, 0.25) is 0 Å². The minimum atomic E-state index is -0.453. The standard InChI is InChI=1S/C14H12BrIO/c15-13-4-2-1-3-11(13)9-14(17)10-5-7-12(16)8-6-10/h1-8,14,17H,9H2. The van der Waals surface area contributed by atoms with Crippen molar-refractivity contribution < 1.29 is 5.11 Å². The number of hydrogen-bond acceptors (Lipinski definition) is 1. The molecule has 1 atom stereocenters. The summed E-state index contributed by atoms with van der Waals surface area (Å²) in [5.41, 5.74) is 2.08. The van der Waals surface area contributed by atoms with Gasteiger partial charge in [-0.1, -0.05) is 46.3 Å². The van der Waals surface area contributed by atoms with Crippen molar-refractivity contribution in [3.05, 3.63) is 67.7 Å². The van der Waals surface area contributed by atoms with E-state index in [0.29, 0.717) is 6.42 Å². The summed E-state index contributed by atoms with van der Waals surface area (Å²) in [5, 5.41) is 10.2. The molecule has 0 radical (unpaired) electrons. The van der Waals surface area contributed by atoms with Gasteiger partial charge >= 0.3 is 0 Å². The van der Waals surface area contributed by atoms with Crippen molar-refractivity contribution in [1.82, 2.24) is 0 Å². The molecule has 0 aliphatic carbocycles. The van der Waals surface area contributed by atoms with Crippen LogP contribution in [0.1, 0.15) is 17.2 Å². The smallest absolute Gasteiger partial charge is 0.0830 e. The Balaban J connectivity index is 2.14. The Hall–Kier alpha value is -0.390. The molecule has 0 saturated heterocycles. The zero-order chi connectivity index (χ0) is 12.3. The van der Waals surface area contributed by atoms with Crippen LogP contribution in [-0.2, 0) is 6.42 Å². The molecule has 0 fully saturated rings. The van der Waals surface area contributed by atoms with Gasteiger partial charge in [0.05, 0.1) is 6.10 Å². The van der Waals surface area contributed by atoms with Gasteiger partial charge in [-0.15, -0.1) is 0 Å². The highest BCUT2D eigenvalue weighted by molar-refractivity contribution is 14.1. The molecule has 3 heteroatoms. The van der Waals surface area contributed by atoms with E-state index in [0.717, 1.165) is 15.6 Å². The van der Waals surface area contributed by atoms with Crippen LogP contribution < -0.4 is 0 Å². The molecule has 0 aliphatic rings. The molecule has 17 heavy (non-hydrogen) atoms. The quantitative estimate of drug-likeness (QED) is 0.757. The van der Waals surface area contributed by atoms with Gasteiger partial charge in [0.25, 0.3) is 0 Å². The highest BCUT2D eigenvalue weighted by Gasteiger charge is 2.10. The predicted octanol–water partition coefficient (Wildman–Crippen LogP) is 4.33. The van der Waals surface area contributed by atoms with E-state index in [2.05, 4.69) is 38.5 Å². The van der Waals surface area contributed by atoms with E-state index >= 15 is 0 Å². The first-order valence-corrected chi connectivity index (χ1v) is 7.21. The SMILES string of the molecule is OC(Cc1ccccc1Br)c1ccc(I)cc1. The highest BCUT2D eigenvalue weighted by atomic mass is 127. The van der Waals surface area contributed by atoms with Gasteiger partial charge in [0, 0.05) is 14.5 Å². The Morgan fingerprint density at radius 2 is 1.71 bits per heavy atom. The van der Waals surface area contributed by atoms with E-state index in [1.54, 1.807) is 0 Å². The molecule has 0 spiro atoms. The van der Waals surface area contributed by atoms with Gasteiger partial charge in [-0.05, 0) is 51.9 Å². The van der Waals surface area contributed by atoms with Gasteiger partial charge in [-0.25, -0.2) is 0 Å². The van der Waals surface area contributed by atoms with Crippen molar-refractivity contribution in [1.29, 1.82) is 0 Å². The van der Waals surface area contributed by atoms with Gasteiger partial charge < -0.3 is 5.11 Å². The Morgan fingerprint density at radius 3 is 2.35 bits per heavy atom. The van der Waals surface area contributed by atoms with Crippen molar-refractivity contribution in [3.8, 4) is 0 Å². The molecule has 1 unspecified atom stereocenters. The van der Waals surface area contributed by atoms with Crippen molar-refractivity contribution in [3.63, 3.8) is 0 Å². The molecule has 0 aromatic heterocycles. The fourth-order valence-corrected chi connectivity index (χ4v) is 2.48. The topological polar surface area (TPSA) is 20.2 Å². The van der Waals surface area contributed by atoms with Crippen molar-refractivity contribution in [2.45, 2.75) is 12.5 Å². The van der Waals surface area contributed by atoms with E-state index in [-0.39, 0.29) is 0 Å². The maximum absolute atomic E-state index is 10.2. The number of benzene rings is 2. The first kappa shape index (κ1) is 13.1. The fourth-order valence-electron chi connectivity index (χ4n) is 1.68. The first-order valence-electron chi connectivity index (χ1n) is 5.34. The van der Waals surface area contributed by atoms with Crippen molar-refractivity contribution >= 4 is 38.5 Å². The molecule has 0 bridgehead atoms. The number of rotatable bonds is 3. The Labute approximate surface area is 123 Å². The lowest BCUT2D eigenvalue weighted by molar-refractivity contribution is 0.178. The number of halogens is 2. The largest absolute Gasteiger partial charge is 0.388 e. The molecule has 2 rings (SSSR count). The summed E-state index contributed by atoms with van der Waals surface area (Å²) in [6, 6.07) is 16.0. The van der Waals surface area contributed by atoms with Crippen LogP contribution in [0, 0.1) is 3.57 Å². The second kappa shape index (κ2) is 5.98. The van der Waals surface area contributed by atoms with Crippen LogP contribution in [0.5, 0.6) is 0 Å². The fraction of sp³-hybridized carbons (Fsp3) is 0.143. The zero-order valence-electron chi connectivity index (χ0n) is 9.11. The molecular weight excluding hydrogens is 391 g/mol. The van der Waals surface area contributed by atoms with Crippen LogP contribution in [0.3, 0.4) is 0 Å². The summed E-state index contributed by atoms with van der Waals surface area (Å²) >= 11 is 5.76. The molecule has 0 amide bonds. The second-order valence-corrected chi connectivity index (χ2v) is 5.96. The van der Waals surface area contributed by atoms with Gasteiger partial charge in [-0.2, -0.15) is 0 Å². The van der Waals surface area contributed by atoms with Crippen LogP contribution in [0.25, 0.3) is 0 Å².